The Labute approximate surface area is 236 Å². The van der Waals surface area contributed by atoms with E-state index in [-0.39, 0.29) is 5.78 Å². The van der Waals surface area contributed by atoms with Gasteiger partial charge in [0.05, 0.1) is 24.8 Å². The molecule has 0 unspecified atom stereocenters. The number of ether oxygens (including phenoxy) is 2. The molecule has 1 aliphatic rings. The maximum Gasteiger partial charge on any atom is 0.209 e. The molecule has 1 aromatic heterocycles. The molecule has 1 aliphatic heterocycles. The van der Waals surface area contributed by atoms with Crippen LogP contribution in [0.2, 0.25) is 0 Å². The van der Waals surface area contributed by atoms with Crippen LogP contribution in [0.15, 0.2) is 85.1 Å². The van der Waals surface area contributed by atoms with Crippen LogP contribution < -0.4 is 10.6 Å². The fourth-order valence-corrected chi connectivity index (χ4v) is 4.40. The summed E-state index contributed by atoms with van der Waals surface area (Å²) in [6.45, 7) is 8.56. The summed E-state index contributed by atoms with van der Waals surface area (Å²) in [5.41, 5.74) is 5.20. The van der Waals surface area contributed by atoms with E-state index >= 15 is 0 Å². The molecule has 1 amide bonds. The third-order valence-corrected chi connectivity index (χ3v) is 6.64. The standard InChI is InChI=1S/C21H19NO.C13H17NO3/c23-17-22-15-13-20(14-16-22)21(19-9-5-2-6-10-19)12-11-18-7-3-1-4-8-18;1-6-11(17-5)12-10(8(2)15)7-14-13(12)9(3)16-4/h1-10,17H,13-16H2;6-7,14H,1H2,2-5H3/b;12-11+,13-9-. The van der Waals surface area contributed by atoms with Crippen molar-refractivity contribution in [2.24, 2.45) is 0 Å². The van der Waals surface area contributed by atoms with Crippen molar-refractivity contribution in [1.82, 2.24) is 9.88 Å². The number of rotatable bonds is 6. The number of nitrogens with one attached hydrogen (secondary N) is 1. The summed E-state index contributed by atoms with van der Waals surface area (Å²) in [4.78, 5) is 27.3. The maximum absolute atomic E-state index is 11.6. The molecule has 206 valence electrons. The highest BCUT2D eigenvalue weighted by Gasteiger charge is 2.16. The van der Waals surface area contributed by atoms with Crippen LogP contribution in [0.1, 0.15) is 48.2 Å². The first-order valence-electron chi connectivity index (χ1n) is 13.1. The minimum absolute atomic E-state index is 0.0391. The molecule has 0 radical (unpaired) electrons. The number of nitrogens with zero attached hydrogens (tertiary/aromatic N) is 1. The van der Waals surface area contributed by atoms with E-state index in [0.717, 1.165) is 54.4 Å². The Bertz CT molecular complexity index is 1530. The van der Waals surface area contributed by atoms with Crippen molar-refractivity contribution in [3.8, 4) is 11.8 Å². The van der Waals surface area contributed by atoms with Gasteiger partial charge in [0.15, 0.2) is 5.78 Å². The summed E-state index contributed by atoms with van der Waals surface area (Å²) in [5.74, 6) is 7.84. The highest BCUT2D eigenvalue weighted by molar-refractivity contribution is 5.94. The molecular weight excluding hydrogens is 500 g/mol. The monoisotopic (exact) mass is 536 g/mol. The summed E-state index contributed by atoms with van der Waals surface area (Å²) < 4.78 is 10.4. The molecule has 0 bridgehead atoms. The Balaban J connectivity index is 0.000000232. The van der Waals surface area contributed by atoms with Crippen LogP contribution in [0.3, 0.4) is 0 Å². The van der Waals surface area contributed by atoms with Gasteiger partial charge < -0.3 is 19.4 Å². The molecule has 0 spiro atoms. The topological polar surface area (TPSA) is 71.6 Å². The number of likely N-dealkylation sites (tertiary alicyclic amines) is 1. The normalized spacial score (nSPS) is 13.9. The largest absolute Gasteiger partial charge is 0.499 e. The number of carbonyl (C=O) groups is 2. The quantitative estimate of drug-likeness (QED) is 0.282. The zero-order chi connectivity index (χ0) is 28.9. The van der Waals surface area contributed by atoms with E-state index in [0.29, 0.717) is 22.3 Å². The lowest BCUT2D eigenvalue weighted by Crippen LogP contribution is -2.31. The van der Waals surface area contributed by atoms with Gasteiger partial charge in [0, 0.05) is 36.0 Å². The van der Waals surface area contributed by atoms with E-state index in [1.165, 1.54) is 12.5 Å². The van der Waals surface area contributed by atoms with Crippen molar-refractivity contribution in [1.29, 1.82) is 0 Å². The van der Waals surface area contributed by atoms with Gasteiger partial charge >= 0.3 is 0 Å². The minimum Gasteiger partial charge on any atom is -0.499 e. The van der Waals surface area contributed by atoms with Crippen molar-refractivity contribution in [3.63, 3.8) is 0 Å². The molecule has 0 atom stereocenters. The maximum atomic E-state index is 11.6. The average Bonchev–Trinajstić information content (AvgIpc) is 3.45. The second-order valence-corrected chi connectivity index (χ2v) is 9.14. The molecule has 40 heavy (non-hydrogen) atoms. The number of piperidine rings is 1. The first-order chi connectivity index (χ1) is 19.4. The molecule has 1 saturated heterocycles. The van der Waals surface area contributed by atoms with E-state index < -0.39 is 0 Å². The van der Waals surface area contributed by atoms with Crippen LogP contribution in [0.5, 0.6) is 0 Å². The van der Waals surface area contributed by atoms with E-state index in [4.69, 9.17) is 9.47 Å². The molecule has 4 rings (SSSR count). The molecule has 0 aliphatic carbocycles. The van der Waals surface area contributed by atoms with Crippen LogP contribution >= 0.6 is 0 Å². The smallest absolute Gasteiger partial charge is 0.209 e. The van der Waals surface area contributed by atoms with Crippen LogP contribution in [-0.2, 0) is 14.3 Å². The number of H-pyrrole nitrogens is 1. The summed E-state index contributed by atoms with van der Waals surface area (Å²) >= 11 is 0. The number of ketones is 1. The van der Waals surface area contributed by atoms with Crippen LogP contribution in [-0.4, -0.2) is 49.4 Å². The minimum atomic E-state index is -0.0391. The third kappa shape index (κ3) is 7.64. The predicted octanol–water partition coefficient (Wildman–Crippen LogP) is 4.68. The van der Waals surface area contributed by atoms with E-state index in [1.54, 1.807) is 26.5 Å². The van der Waals surface area contributed by atoms with Crippen molar-refractivity contribution >= 4 is 29.3 Å². The van der Waals surface area contributed by atoms with Crippen LogP contribution in [0.4, 0.5) is 0 Å². The summed E-state index contributed by atoms with van der Waals surface area (Å²) in [5, 5.41) is 1.42. The Kier molecular flexibility index (Phi) is 11.2. The lowest BCUT2D eigenvalue weighted by molar-refractivity contribution is -0.118. The van der Waals surface area contributed by atoms with Crippen molar-refractivity contribution in [2.45, 2.75) is 26.7 Å². The summed E-state index contributed by atoms with van der Waals surface area (Å²) in [6, 6.07) is 20.4. The number of aromatic amines is 1. The molecular formula is C34H36N2O4. The fourth-order valence-electron chi connectivity index (χ4n) is 4.40. The lowest BCUT2D eigenvalue weighted by Gasteiger charge is -2.25. The van der Waals surface area contributed by atoms with Crippen LogP contribution in [0, 0.1) is 11.8 Å². The Hall–Kier alpha value is -4.76. The molecule has 6 nitrogen and oxygen atoms in total. The fraction of sp³-hybridized carbons (Fsp3) is 0.235. The number of methoxy groups -OCH3 is 2. The second kappa shape index (κ2) is 15.0. The molecule has 3 aromatic rings. The molecule has 1 fully saturated rings. The zero-order valence-electron chi connectivity index (χ0n) is 23.6. The number of Topliss-reactive ketones (excluding diaryl/α,β-unsaturated/α-hetero) is 1. The van der Waals surface area contributed by atoms with Gasteiger partial charge in [0.2, 0.25) is 6.41 Å². The number of hydrogen-bond donors (Lipinski definition) is 1. The van der Waals surface area contributed by atoms with Gasteiger partial charge in [-0.2, -0.15) is 0 Å². The van der Waals surface area contributed by atoms with Gasteiger partial charge in [-0.3, -0.25) is 9.59 Å². The third-order valence-electron chi connectivity index (χ3n) is 6.64. The molecule has 2 aromatic carbocycles. The highest BCUT2D eigenvalue weighted by atomic mass is 16.5. The molecule has 6 heteroatoms. The van der Waals surface area contributed by atoms with E-state index in [1.807, 2.05) is 60.4 Å². The number of allylic oxidation sites excluding steroid dienone is 1. The van der Waals surface area contributed by atoms with Crippen molar-refractivity contribution in [2.75, 3.05) is 27.3 Å². The number of hydrogen-bond acceptors (Lipinski definition) is 4. The Morgan fingerprint density at radius 3 is 2.12 bits per heavy atom. The number of benzene rings is 2. The summed E-state index contributed by atoms with van der Waals surface area (Å²) in [7, 11) is 3.12. The second-order valence-electron chi connectivity index (χ2n) is 9.14. The number of aromatic nitrogens is 1. The first-order valence-corrected chi connectivity index (χ1v) is 13.1. The van der Waals surface area contributed by atoms with Gasteiger partial charge in [0.25, 0.3) is 0 Å². The Morgan fingerprint density at radius 1 is 0.975 bits per heavy atom. The van der Waals surface area contributed by atoms with Crippen molar-refractivity contribution in [3.05, 3.63) is 112 Å². The molecule has 2 heterocycles. The Morgan fingerprint density at radius 2 is 1.60 bits per heavy atom. The zero-order valence-corrected chi connectivity index (χ0v) is 23.6. The SMILES string of the molecule is C=C/C(OC)=c1/c(C(C)=O)c[nH]/c1=C(/C)OC.O=CN1CCC(=C(C#Cc2ccccc2)c2ccccc2)CC1. The first kappa shape index (κ1) is 29.8. The lowest BCUT2D eigenvalue weighted by atomic mass is 9.93. The van der Waals surface area contributed by atoms with Gasteiger partial charge in [-0.15, -0.1) is 0 Å². The average molecular weight is 537 g/mol. The van der Waals surface area contributed by atoms with E-state index in [2.05, 4.69) is 35.5 Å². The van der Waals surface area contributed by atoms with E-state index in [9.17, 15) is 9.59 Å². The van der Waals surface area contributed by atoms with Gasteiger partial charge in [-0.05, 0) is 50.5 Å². The highest BCUT2D eigenvalue weighted by Crippen LogP contribution is 2.26. The predicted molar refractivity (Wildman–Crippen MR) is 160 cm³/mol. The molecule has 0 saturated carbocycles. The van der Waals surface area contributed by atoms with Gasteiger partial charge in [0.1, 0.15) is 11.5 Å². The van der Waals surface area contributed by atoms with Gasteiger partial charge in [-0.25, -0.2) is 0 Å². The number of amides is 1. The molecule has 1 N–H and O–H groups in total. The summed E-state index contributed by atoms with van der Waals surface area (Å²) in [6.07, 6.45) is 5.95. The van der Waals surface area contributed by atoms with Gasteiger partial charge in [-0.1, -0.05) is 72.5 Å². The van der Waals surface area contributed by atoms with Crippen LogP contribution in [0.25, 0.3) is 17.1 Å². The van der Waals surface area contributed by atoms with Crippen molar-refractivity contribution < 1.29 is 19.1 Å². The number of carbonyl (C=O) groups excluding carboxylic acids is 2.